The van der Waals surface area contributed by atoms with Crippen molar-refractivity contribution in [3.05, 3.63) is 24.0 Å². The minimum atomic E-state index is 0.542. The molecule has 96 valence electrons. The summed E-state index contributed by atoms with van der Waals surface area (Å²) < 4.78 is 0. The standard InChI is InChI=1S/C15H26N2/c1-4-5-6-7-8-9-14(3)17-15-10-13(2)11-16-12-15/h10-12,14,17H,4-9H2,1-3H3. The minimum absolute atomic E-state index is 0.542. The second-order valence-electron chi connectivity index (χ2n) is 5.00. The molecule has 0 aliphatic rings. The fourth-order valence-corrected chi connectivity index (χ4v) is 2.04. The zero-order valence-electron chi connectivity index (χ0n) is 11.5. The molecular weight excluding hydrogens is 208 g/mol. The molecule has 1 aromatic rings. The van der Waals surface area contributed by atoms with E-state index in [1.807, 2.05) is 12.4 Å². The summed E-state index contributed by atoms with van der Waals surface area (Å²) >= 11 is 0. The highest BCUT2D eigenvalue weighted by atomic mass is 14.9. The fourth-order valence-electron chi connectivity index (χ4n) is 2.04. The van der Waals surface area contributed by atoms with Crippen LogP contribution < -0.4 is 5.32 Å². The van der Waals surface area contributed by atoms with Crippen LogP contribution in [0.3, 0.4) is 0 Å². The summed E-state index contributed by atoms with van der Waals surface area (Å²) in [4.78, 5) is 4.20. The molecule has 1 rings (SSSR count). The van der Waals surface area contributed by atoms with E-state index in [1.165, 1.54) is 44.1 Å². The maximum Gasteiger partial charge on any atom is 0.0531 e. The van der Waals surface area contributed by atoms with E-state index >= 15 is 0 Å². The Labute approximate surface area is 106 Å². The lowest BCUT2D eigenvalue weighted by atomic mass is 10.1. The molecule has 0 saturated carbocycles. The summed E-state index contributed by atoms with van der Waals surface area (Å²) in [6.07, 6.45) is 11.8. The molecule has 1 heterocycles. The number of hydrogen-bond donors (Lipinski definition) is 1. The summed E-state index contributed by atoms with van der Waals surface area (Å²) in [5, 5.41) is 3.51. The average molecular weight is 234 g/mol. The number of hydrogen-bond acceptors (Lipinski definition) is 2. The van der Waals surface area contributed by atoms with E-state index < -0.39 is 0 Å². The summed E-state index contributed by atoms with van der Waals surface area (Å²) in [6, 6.07) is 2.70. The number of nitrogens with one attached hydrogen (secondary N) is 1. The minimum Gasteiger partial charge on any atom is -0.381 e. The van der Waals surface area contributed by atoms with Gasteiger partial charge in [0.1, 0.15) is 0 Å². The molecule has 1 unspecified atom stereocenters. The predicted molar refractivity (Wildman–Crippen MR) is 75.4 cm³/mol. The van der Waals surface area contributed by atoms with Gasteiger partial charge in [0.2, 0.25) is 0 Å². The van der Waals surface area contributed by atoms with E-state index in [0.29, 0.717) is 6.04 Å². The van der Waals surface area contributed by atoms with Gasteiger partial charge in [-0.3, -0.25) is 4.98 Å². The van der Waals surface area contributed by atoms with Crippen LogP contribution in [0.5, 0.6) is 0 Å². The Hall–Kier alpha value is -1.05. The van der Waals surface area contributed by atoms with Gasteiger partial charge in [0.15, 0.2) is 0 Å². The number of nitrogens with zero attached hydrogens (tertiary/aromatic N) is 1. The topological polar surface area (TPSA) is 24.9 Å². The van der Waals surface area contributed by atoms with Gasteiger partial charge >= 0.3 is 0 Å². The van der Waals surface area contributed by atoms with Crippen molar-refractivity contribution in [3.8, 4) is 0 Å². The first-order valence-electron chi connectivity index (χ1n) is 6.90. The molecule has 0 radical (unpaired) electrons. The summed E-state index contributed by atoms with van der Waals surface area (Å²) in [7, 11) is 0. The summed E-state index contributed by atoms with van der Waals surface area (Å²) in [6.45, 7) is 6.59. The van der Waals surface area contributed by atoms with Crippen molar-refractivity contribution in [2.24, 2.45) is 0 Å². The third-order valence-corrected chi connectivity index (χ3v) is 3.03. The van der Waals surface area contributed by atoms with E-state index in [-0.39, 0.29) is 0 Å². The van der Waals surface area contributed by atoms with Crippen LogP contribution >= 0.6 is 0 Å². The molecule has 1 N–H and O–H groups in total. The van der Waals surface area contributed by atoms with E-state index in [0.717, 1.165) is 5.69 Å². The van der Waals surface area contributed by atoms with Gasteiger partial charge < -0.3 is 5.32 Å². The molecule has 2 heteroatoms. The Morgan fingerprint density at radius 2 is 1.94 bits per heavy atom. The van der Waals surface area contributed by atoms with E-state index in [2.05, 4.69) is 37.1 Å². The Balaban J connectivity index is 2.18. The van der Waals surface area contributed by atoms with Crippen LogP contribution in [0.2, 0.25) is 0 Å². The van der Waals surface area contributed by atoms with Gasteiger partial charge in [-0.1, -0.05) is 39.0 Å². The SMILES string of the molecule is CCCCCCCC(C)Nc1cncc(C)c1. The first-order valence-corrected chi connectivity index (χ1v) is 6.90. The molecule has 0 aromatic carbocycles. The number of anilines is 1. The Bertz CT molecular complexity index is 310. The van der Waals surface area contributed by atoms with Crippen LogP contribution in [0.1, 0.15) is 57.9 Å². The largest absolute Gasteiger partial charge is 0.381 e. The Morgan fingerprint density at radius 3 is 2.65 bits per heavy atom. The van der Waals surface area contributed by atoms with Gasteiger partial charge in [-0.15, -0.1) is 0 Å². The third kappa shape index (κ3) is 6.30. The van der Waals surface area contributed by atoms with Crippen molar-refractivity contribution in [2.45, 2.75) is 65.3 Å². The lowest BCUT2D eigenvalue weighted by Crippen LogP contribution is -2.15. The van der Waals surface area contributed by atoms with Gasteiger partial charge in [0.05, 0.1) is 5.69 Å². The average Bonchev–Trinajstić information content (AvgIpc) is 2.29. The number of pyridine rings is 1. The first kappa shape index (κ1) is 14.0. The van der Waals surface area contributed by atoms with Crippen molar-refractivity contribution in [1.29, 1.82) is 0 Å². The van der Waals surface area contributed by atoms with E-state index in [4.69, 9.17) is 0 Å². The highest BCUT2D eigenvalue weighted by molar-refractivity contribution is 5.43. The number of rotatable bonds is 8. The van der Waals surface area contributed by atoms with Crippen LogP contribution in [-0.4, -0.2) is 11.0 Å². The van der Waals surface area contributed by atoms with Crippen LogP contribution in [0.15, 0.2) is 18.5 Å². The van der Waals surface area contributed by atoms with Crippen molar-refractivity contribution in [2.75, 3.05) is 5.32 Å². The zero-order valence-corrected chi connectivity index (χ0v) is 11.5. The second kappa shape index (κ2) is 8.10. The van der Waals surface area contributed by atoms with Crippen molar-refractivity contribution in [1.82, 2.24) is 4.98 Å². The third-order valence-electron chi connectivity index (χ3n) is 3.03. The molecule has 1 atom stereocenters. The summed E-state index contributed by atoms with van der Waals surface area (Å²) in [5.74, 6) is 0. The molecule has 0 spiro atoms. The van der Waals surface area contributed by atoms with Gasteiger partial charge in [-0.05, 0) is 31.9 Å². The fraction of sp³-hybridized carbons (Fsp3) is 0.667. The molecule has 2 nitrogen and oxygen atoms in total. The maximum atomic E-state index is 4.20. The molecule has 0 aliphatic heterocycles. The smallest absolute Gasteiger partial charge is 0.0531 e. The van der Waals surface area contributed by atoms with Crippen LogP contribution in [-0.2, 0) is 0 Å². The van der Waals surface area contributed by atoms with Crippen molar-refractivity contribution in [3.63, 3.8) is 0 Å². The first-order chi connectivity index (χ1) is 8.22. The van der Waals surface area contributed by atoms with Crippen molar-refractivity contribution < 1.29 is 0 Å². The zero-order chi connectivity index (χ0) is 12.5. The van der Waals surface area contributed by atoms with Crippen LogP contribution in [0, 0.1) is 6.92 Å². The molecule has 1 aromatic heterocycles. The van der Waals surface area contributed by atoms with Crippen LogP contribution in [0.4, 0.5) is 5.69 Å². The number of aromatic nitrogens is 1. The lowest BCUT2D eigenvalue weighted by Gasteiger charge is -2.15. The molecular formula is C15H26N2. The predicted octanol–water partition coefficient (Wildman–Crippen LogP) is 4.55. The van der Waals surface area contributed by atoms with Gasteiger partial charge in [0.25, 0.3) is 0 Å². The molecule has 0 amide bonds. The number of unbranched alkanes of at least 4 members (excludes halogenated alkanes) is 4. The highest BCUT2D eigenvalue weighted by Gasteiger charge is 2.02. The van der Waals surface area contributed by atoms with Crippen molar-refractivity contribution >= 4 is 5.69 Å². The molecule has 0 saturated heterocycles. The van der Waals surface area contributed by atoms with Crippen LogP contribution in [0.25, 0.3) is 0 Å². The monoisotopic (exact) mass is 234 g/mol. The quantitative estimate of drug-likeness (QED) is 0.667. The Morgan fingerprint density at radius 1 is 1.18 bits per heavy atom. The highest BCUT2D eigenvalue weighted by Crippen LogP contribution is 2.13. The van der Waals surface area contributed by atoms with Gasteiger partial charge in [0, 0.05) is 18.4 Å². The lowest BCUT2D eigenvalue weighted by molar-refractivity contribution is 0.578. The Kier molecular flexibility index (Phi) is 6.68. The second-order valence-corrected chi connectivity index (χ2v) is 5.00. The molecule has 17 heavy (non-hydrogen) atoms. The molecule has 0 aliphatic carbocycles. The van der Waals surface area contributed by atoms with Gasteiger partial charge in [-0.25, -0.2) is 0 Å². The number of aryl methyl sites for hydroxylation is 1. The molecule has 0 fully saturated rings. The van der Waals surface area contributed by atoms with E-state index in [1.54, 1.807) is 0 Å². The maximum absolute atomic E-state index is 4.20. The van der Waals surface area contributed by atoms with Gasteiger partial charge in [-0.2, -0.15) is 0 Å². The van der Waals surface area contributed by atoms with E-state index in [9.17, 15) is 0 Å². The summed E-state index contributed by atoms with van der Waals surface area (Å²) in [5.41, 5.74) is 2.36. The normalized spacial score (nSPS) is 12.4. The molecule has 0 bridgehead atoms.